The van der Waals surface area contributed by atoms with Crippen molar-refractivity contribution in [3.63, 3.8) is 0 Å². The maximum absolute atomic E-state index is 12.6. The summed E-state index contributed by atoms with van der Waals surface area (Å²) < 4.78 is 43.6. The quantitative estimate of drug-likeness (QED) is 0.363. The number of nitrogens with zero attached hydrogens (tertiary/aromatic N) is 2. The van der Waals surface area contributed by atoms with E-state index in [4.69, 9.17) is 4.74 Å². The number of benzene rings is 1. The fourth-order valence-corrected chi connectivity index (χ4v) is 3.09. The summed E-state index contributed by atoms with van der Waals surface area (Å²) in [5.41, 5.74) is 0.261. The van der Waals surface area contributed by atoms with Crippen molar-refractivity contribution in [1.29, 1.82) is 0 Å². The Labute approximate surface area is 167 Å². The van der Waals surface area contributed by atoms with E-state index in [0.29, 0.717) is 30.7 Å². The van der Waals surface area contributed by atoms with E-state index < -0.39 is 11.9 Å². The molecule has 0 saturated heterocycles. The highest BCUT2D eigenvalue weighted by molar-refractivity contribution is 7.09. The highest BCUT2D eigenvalue weighted by atomic mass is 32.1. The van der Waals surface area contributed by atoms with Crippen LogP contribution in [0.4, 0.5) is 13.2 Å². The Bertz CT molecular complexity index is 734. The standard InChI is InChI=1S/C19H25F3N4OS/c1-3-23-18(25-12-17-26-16(13-28-17)19(20,21)22)24-10-7-11-27-14(2)15-8-5-4-6-9-15/h4-6,8-9,13-14H,3,7,10-12H2,1-2H3,(H2,23,24,25). The van der Waals surface area contributed by atoms with Gasteiger partial charge < -0.3 is 15.4 Å². The molecule has 2 aromatic rings. The van der Waals surface area contributed by atoms with Crippen LogP contribution in [0.15, 0.2) is 40.7 Å². The van der Waals surface area contributed by atoms with Crippen LogP contribution in [0.1, 0.15) is 42.6 Å². The zero-order valence-corrected chi connectivity index (χ0v) is 16.7. The van der Waals surface area contributed by atoms with E-state index >= 15 is 0 Å². The number of ether oxygens (including phenoxy) is 1. The number of hydrogen-bond donors (Lipinski definition) is 2. The second kappa shape index (κ2) is 11.0. The molecule has 154 valence electrons. The third-order valence-corrected chi connectivity index (χ3v) is 4.64. The molecule has 2 N–H and O–H groups in total. The van der Waals surface area contributed by atoms with Crippen molar-refractivity contribution in [3.05, 3.63) is 52.0 Å². The number of hydrogen-bond acceptors (Lipinski definition) is 4. The van der Waals surface area contributed by atoms with Crippen molar-refractivity contribution in [2.75, 3.05) is 19.7 Å². The average Bonchev–Trinajstić information content (AvgIpc) is 3.16. The van der Waals surface area contributed by atoms with Gasteiger partial charge in [0.05, 0.1) is 12.6 Å². The van der Waals surface area contributed by atoms with Crippen LogP contribution >= 0.6 is 11.3 Å². The van der Waals surface area contributed by atoms with E-state index in [-0.39, 0.29) is 12.6 Å². The van der Waals surface area contributed by atoms with Crippen molar-refractivity contribution in [2.45, 2.75) is 39.1 Å². The minimum Gasteiger partial charge on any atom is -0.374 e. The molecule has 9 heteroatoms. The Morgan fingerprint density at radius 2 is 2.00 bits per heavy atom. The molecule has 1 aromatic carbocycles. The number of nitrogens with one attached hydrogen (secondary N) is 2. The second-order valence-electron chi connectivity index (χ2n) is 6.02. The van der Waals surface area contributed by atoms with Gasteiger partial charge in [0.1, 0.15) is 5.01 Å². The molecule has 1 unspecified atom stereocenters. The lowest BCUT2D eigenvalue weighted by Gasteiger charge is -2.14. The molecule has 1 heterocycles. The zero-order chi connectivity index (χ0) is 20.4. The Balaban J connectivity index is 1.74. The average molecular weight is 414 g/mol. The number of thiazole rings is 1. The molecule has 0 fully saturated rings. The Morgan fingerprint density at radius 1 is 1.25 bits per heavy atom. The van der Waals surface area contributed by atoms with E-state index in [1.165, 1.54) is 0 Å². The van der Waals surface area contributed by atoms with Crippen molar-refractivity contribution in [3.8, 4) is 0 Å². The van der Waals surface area contributed by atoms with E-state index in [2.05, 4.69) is 20.6 Å². The molecule has 2 rings (SSSR count). The lowest BCUT2D eigenvalue weighted by atomic mass is 10.1. The van der Waals surface area contributed by atoms with Crippen molar-refractivity contribution < 1.29 is 17.9 Å². The fourth-order valence-electron chi connectivity index (χ4n) is 2.36. The van der Waals surface area contributed by atoms with Crippen molar-refractivity contribution >= 4 is 17.3 Å². The topological polar surface area (TPSA) is 58.5 Å². The van der Waals surface area contributed by atoms with Crippen LogP contribution in [0.25, 0.3) is 0 Å². The lowest BCUT2D eigenvalue weighted by Crippen LogP contribution is -2.38. The van der Waals surface area contributed by atoms with Crippen LogP contribution in [0.2, 0.25) is 0 Å². The summed E-state index contributed by atoms with van der Waals surface area (Å²) in [4.78, 5) is 7.88. The van der Waals surface area contributed by atoms with Gasteiger partial charge in [-0.05, 0) is 25.8 Å². The van der Waals surface area contributed by atoms with Gasteiger partial charge in [-0.3, -0.25) is 0 Å². The van der Waals surface area contributed by atoms with E-state index in [1.807, 2.05) is 44.2 Å². The van der Waals surface area contributed by atoms with Gasteiger partial charge in [-0.1, -0.05) is 30.3 Å². The van der Waals surface area contributed by atoms with Gasteiger partial charge in [0.2, 0.25) is 0 Å². The maximum atomic E-state index is 12.6. The molecule has 0 aliphatic rings. The minimum atomic E-state index is -4.42. The molecule has 5 nitrogen and oxygen atoms in total. The molecule has 0 amide bonds. The van der Waals surface area contributed by atoms with Gasteiger partial charge in [-0.15, -0.1) is 11.3 Å². The summed E-state index contributed by atoms with van der Waals surface area (Å²) in [6, 6.07) is 9.99. The second-order valence-corrected chi connectivity index (χ2v) is 6.97. The van der Waals surface area contributed by atoms with Gasteiger partial charge >= 0.3 is 6.18 Å². The monoisotopic (exact) mass is 414 g/mol. The number of alkyl halides is 3. The van der Waals surface area contributed by atoms with Crippen LogP contribution in [-0.2, 0) is 17.5 Å². The number of rotatable bonds is 9. The molecular weight excluding hydrogens is 389 g/mol. The summed E-state index contributed by atoms with van der Waals surface area (Å²) in [5, 5.41) is 7.56. The van der Waals surface area contributed by atoms with E-state index in [9.17, 15) is 13.2 Å². The summed E-state index contributed by atoms with van der Waals surface area (Å²) in [6.45, 7) is 5.91. The van der Waals surface area contributed by atoms with Crippen molar-refractivity contribution in [1.82, 2.24) is 15.6 Å². The number of halogens is 3. The van der Waals surface area contributed by atoms with Gasteiger partial charge in [-0.2, -0.15) is 13.2 Å². The number of aliphatic imine (C=N–C) groups is 1. The molecular formula is C19H25F3N4OS. The molecule has 1 aromatic heterocycles. The van der Waals surface area contributed by atoms with Gasteiger partial charge in [0.15, 0.2) is 11.7 Å². The van der Waals surface area contributed by atoms with Crippen LogP contribution in [0.3, 0.4) is 0 Å². The van der Waals surface area contributed by atoms with Crippen LogP contribution in [0, 0.1) is 0 Å². The SMILES string of the molecule is CCNC(=NCc1nc(C(F)(F)F)cs1)NCCCOC(C)c1ccccc1. The minimum absolute atomic E-state index is 0.0239. The first kappa shape index (κ1) is 22.2. The predicted octanol–water partition coefficient (Wildman–Crippen LogP) is 4.38. The smallest absolute Gasteiger partial charge is 0.374 e. The van der Waals surface area contributed by atoms with Crippen LogP contribution in [-0.4, -0.2) is 30.6 Å². The molecule has 0 radical (unpaired) electrons. The normalized spacial score (nSPS) is 13.4. The molecule has 28 heavy (non-hydrogen) atoms. The molecule has 1 atom stereocenters. The van der Waals surface area contributed by atoms with Gasteiger partial charge in [0.25, 0.3) is 0 Å². The predicted molar refractivity (Wildman–Crippen MR) is 105 cm³/mol. The first-order valence-electron chi connectivity index (χ1n) is 9.10. The van der Waals surface area contributed by atoms with Crippen LogP contribution in [0.5, 0.6) is 0 Å². The largest absolute Gasteiger partial charge is 0.434 e. The maximum Gasteiger partial charge on any atom is 0.434 e. The first-order valence-corrected chi connectivity index (χ1v) is 9.98. The third-order valence-electron chi connectivity index (χ3n) is 3.81. The Kier molecular flexibility index (Phi) is 8.72. The first-order chi connectivity index (χ1) is 13.4. The lowest BCUT2D eigenvalue weighted by molar-refractivity contribution is -0.140. The van der Waals surface area contributed by atoms with Gasteiger partial charge in [-0.25, -0.2) is 9.98 Å². The van der Waals surface area contributed by atoms with Crippen molar-refractivity contribution in [2.24, 2.45) is 4.99 Å². The summed E-state index contributed by atoms with van der Waals surface area (Å²) in [7, 11) is 0. The highest BCUT2D eigenvalue weighted by Crippen LogP contribution is 2.30. The van der Waals surface area contributed by atoms with Gasteiger partial charge in [0, 0.05) is 25.1 Å². The van der Waals surface area contributed by atoms with Crippen LogP contribution < -0.4 is 10.6 Å². The number of aromatic nitrogens is 1. The summed E-state index contributed by atoms with van der Waals surface area (Å²) >= 11 is 0.956. The molecule has 0 aliphatic heterocycles. The summed E-state index contributed by atoms with van der Waals surface area (Å²) in [6.07, 6.45) is -3.62. The molecule has 0 bridgehead atoms. The highest BCUT2D eigenvalue weighted by Gasteiger charge is 2.33. The third kappa shape index (κ3) is 7.47. The van der Waals surface area contributed by atoms with E-state index in [1.54, 1.807) is 0 Å². The van der Waals surface area contributed by atoms with E-state index in [0.717, 1.165) is 28.7 Å². The Morgan fingerprint density at radius 3 is 2.64 bits per heavy atom. The molecule has 0 aliphatic carbocycles. The Hall–Kier alpha value is -2.13. The fraction of sp³-hybridized carbons (Fsp3) is 0.474. The zero-order valence-electron chi connectivity index (χ0n) is 15.9. The molecule has 0 saturated carbocycles. The summed E-state index contributed by atoms with van der Waals surface area (Å²) in [5.74, 6) is 0.544. The molecule has 0 spiro atoms. The number of guanidine groups is 1.